The number of carbonyl (C=O) groups is 1. The van der Waals surface area contributed by atoms with Gasteiger partial charge in [-0.2, -0.15) is 0 Å². The van der Waals surface area contributed by atoms with Crippen molar-refractivity contribution in [2.45, 2.75) is 32.2 Å². The summed E-state index contributed by atoms with van der Waals surface area (Å²) >= 11 is 1.57. The molecule has 116 valence electrons. The van der Waals surface area contributed by atoms with E-state index in [4.69, 9.17) is 4.98 Å². The molecule has 1 fully saturated rings. The van der Waals surface area contributed by atoms with Crippen molar-refractivity contribution >= 4 is 28.1 Å². The monoisotopic (exact) mass is 323 g/mol. The number of hydrogen-bond donors (Lipinski definition) is 1. The smallest absolute Gasteiger partial charge is 0.252 e. The highest BCUT2D eigenvalue weighted by Gasteiger charge is 2.26. The second-order valence-electron chi connectivity index (χ2n) is 5.95. The third-order valence-electron chi connectivity index (χ3n) is 4.04. The zero-order valence-corrected chi connectivity index (χ0v) is 13.7. The molecule has 1 saturated carbocycles. The fourth-order valence-corrected chi connectivity index (χ4v) is 3.42. The predicted molar refractivity (Wildman–Crippen MR) is 91.7 cm³/mol. The van der Waals surface area contributed by atoms with E-state index in [-0.39, 0.29) is 5.91 Å². The lowest BCUT2D eigenvalue weighted by atomic mass is 10.1. The van der Waals surface area contributed by atoms with Crippen LogP contribution in [0.25, 0.3) is 10.9 Å². The minimum atomic E-state index is -0.0571. The van der Waals surface area contributed by atoms with E-state index >= 15 is 0 Å². The SMILES string of the molecule is Cc1csc(CNC(=O)c2cc(C3CC3)nc3ccccc23)n1. The van der Waals surface area contributed by atoms with E-state index in [9.17, 15) is 4.79 Å². The van der Waals surface area contributed by atoms with Gasteiger partial charge in [0.1, 0.15) is 5.01 Å². The first-order valence-corrected chi connectivity index (χ1v) is 8.67. The highest BCUT2D eigenvalue weighted by molar-refractivity contribution is 7.09. The molecule has 0 radical (unpaired) electrons. The van der Waals surface area contributed by atoms with Crippen molar-refractivity contribution in [1.29, 1.82) is 0 Å². The zero-order chi connectivity index (χ0) is 15.8. The van der Waals surface area contributed by atoms with Crippen LogP contribution in [0.4, 0.5) is 0 Å². The quantitative estimate of drug-likeness (QED) is 0.794. The summed E-state index contributed by atoms with van der Waals surface area (Å²) in [6, 6.07) is 9.81. The molecule has 0 bridgehead atoms. The summed E-state index contributed by atoms with van der Waals surface area (Å²) in [6.45, 7) is 2.42. The molecule has 0 atom stereocenters. The van der Waals surface area contributed by atoms with Crippen molar-refractivity contribution in [2.75, 3.05) is 0 Å². The predicted octanol–water partition coefficient (Wildman–Crippen LogP) is 3.81. The Morgan fingerprint density at radius 3 is 2.87 bits per heavy atom. The van der Waals surface area contributed by atoms with Gasteiger partial charge in [-0.05, 0) is 31.9 Å². The normalized spacial score (nSPS) is 14.1. The fraction of sp³-hybridized carbons (Fsp3) is 0.278. The Morgan fingerprint density at radius 2 is 2.13 bits per heavy atom. The van der Waals surface area contributed by atoms with E-state index in [1.807, 2.05) is 42.6 Å². The van der Waals surface area contributed by atoms with E-state index in [0.29, 0.717) is 18.0 Å². The molecule has 1 aliphatic carbocycles. The molecular weight excluding hydrogens is 306 g/mol. The number of aryl methyl sites for hydroxylation is 1. The van der Waals surface area contributed by atoms with Gasteiger partial charge in [-0.15, -0.1) is 11.3 Å². The van der Waals surface area contributed by atoms with Gasteiger partial charge in [0.15, 0.2) is 0 Å². The molecule has 1 N–H and O–H groups in total. The van der Waals surface area contributed by atoms with Gasteiger partial charge in [-0.25, -0.2) is 4.98 Å². The van der Waals surface area contributed by atoms with Crippen molar-refractivity contribution in [1.82, 2.24) is 15.3 Å². The van der Waals surface area contributed by atoms with Crippen LogP contribution in [-0.2, 0) is 6.54 Å². The minimum Gasteiger partial charge on any atom is -0.346 e. The third kappa shape index (κ3) is 2.97. The summed E-state index contributed by atoms with van der Waals surface area (Å²) in [7, 11) is 0. The summed E-state index contributed by atoms with van der Waals surface area (Å²) in [6.07, 6.45) is 2.34. The molecule has 0 aliphatic heterocycles. The number of carbonyl (C=O) groups excluding carboxylic acids is 1. The Bertz CT molecular complexity index is 883. The summed E-state index contributed by atoms with van der Waals surface area (Å²) in [5, 5.41) is 6.82. The Kier molecular flexibility index (Phi) is 3.58. The van der Waals surface area contributed by atoms with Crippen molar-refractivity contribution in [3.8, 4) is 0 Å². The molecule has 23 heavy (non-hydrogen) atoms. The highest BCUT2D eigenvalue weighted by Crippen LogP contribution is 2.40. The average molecular weight is 323 g/mol. The van der Waals surface area contributed by atoms with Gasteiger partial charge in [-0.1, -0.05) is 18.2 Å². The molecular formula is C18H17N3OS. The van der Waals surface area contributed by atoms with Crippen LogP contribution in [0, 0.1) is 6.92 Å². The van der Waals surface area contributed by atoms with Crippen molar-refractivity contribution < 1.29 is 4.79 Å². The lowest BCUT2D eigenvalue weighted by molar-refractivity contribution is 0.0952. The van der Waals surface area contributed by atoms with Crippen molar-refractivity contribution in [3.63, 3.8) is 0 Å². The topological polar surface area (TPSA) is 54.9 Å². The van der Waals surface area contributed by atoms with Crippen molar-refractivity contribution in [3.05, 3.63) is 57.7 Å². The Labute approximate surface area is 138 Å². The maximum absolute atomic E-state index is 12.7. The van der Waals surface area contributed by atoms with Crippen LogP contribution in [0.15, 0.2) is 35.7 Å². The molecule has 4 nitrogen and oxygen atoms in total. The van der Waals surface area contributed by atoms with Crippen LogP contribution in [0.5, 0.6) is 0 Å². The number of fused-ring (bicyclic) bond motifs is 1. The van der Waals surface area contributed by atoms with Crippen LogP contribution in [0.2, 0.25) is 0 Å². The molecule has 2 heterocycles. The number of benzene rings is 1. The molecule has 4 rings (SSSR count). The molecule has 1 aliphatic rings. The van der Waals surface area contributed by atoms with Gasteiger partial charge in [0.05, 0.1) is 17.6 Å². The van der Waals surface area contributed by atoms with Gasteiger partial charge in [0.25, 0.3) is 5.91 Å². The second-order valence-corrected chi connectivity index (χ2v) is 6.89. The Hall–Kier alpha value is -2.27. The van der Waals surface area contributed by atoms with Gasteiger partial charge in [0, 0.05) is 28.1 Å². The largest absolute Gasteiger partial charge is 0.346 e. The van der Waals surface area contributed by atoms with Crippen molar-refractivity contribution in [2.24, 2.45) is 0 Å². The highest BCUT2D eigenvalue weighted by atomic mass is 32.1. The first-order chi connectivity index (χ1) is 11.2. The molecule has 1 aromatic carbocycles. The van der Waals surface area contributed by atoms with E-state index < -0.39 is 0 Å². The standard InChI is InChI=1S/C18H17N3OS/c1-11-10-23-17(20-11)9-19-18(22)14-8-16(12-6-7-12)21-15-5-3-2-4-13(14)15/h2-5,8,10,12H,6-7,9H2,1H3,(H,19,22). The first-order valence-electron chi connectivity index (χ1n) is 7.79. The second kappa shape index (κ2) is 5.74. The summed E-state index contributed by atoms with van der Waals surface area (Å²) in [4.78, 5) is 21.8. The zero-order valence-electron chi connectivity index (χ0n) is 12.9. The summed E-state index contributed by atoms with van der Waals surface area (Å²) < 4.78 is 0. The van der Waals surface area contributed by atoms with Gasteiger partial charge < -0.3 is 5.32 Å². The number of para-hydroxylation sites is 1. The summed E-state index contributed by atoms with van der Waals surface area (Å²) in [5.41, 5.74) is 3.64. The molecule has 0 spiro atoms. The lowest BCUT2D eigenvalue weighted by Crippen LogP contribution is -2.23. The molecule has 0 unspecified atom stereocenters. The number of amides is 1. The van der Waals surface area contributed by atoms with E-state index in [1.54, 1.807) is 11.3 Å². The Morgan fingerprint density at radius 1 is 1.30 bits per heavy atom. The van der Waals surface area contributed by atoms with E-state index in [1.165, 1.54) is 12.8 Å². The maximum atomic E-state index is 12.7. The van der Waals surface area contributed by atoms with Crippen LogP contribution in [0.1, 0.15) is 45.5 Å². The number of hydrogen-bond acceptors (Lipinski definition) is 4. The van der Waals surface area contributed by atoms with Gasteiger partial charge >= 0.3 is 0 Å². The summed E-state index contributed by atoms with van der Waals surface area (Å²) in [5.74, 6) is 0.464. The number of nitrogens with zero attached hydrogens (tertiary/aromatic N) is 2. The lowest BCUT2D eigenvalue weighted by Gasteiger charge is -2.09. The number of pyridine rings is 1. The molecule has 1 amide bonds. The average Bonchev–Trinajstić information content (AvgIpc) is 3.34. The number of nitrogens with one attached hydrogen (secondary N) is 1. The third-order valence-corrected chi connectivity index (χ3v) is 5.01. The van der Waals surface area contributed by atoms with Crippen LogP contribution < -0.4 is 5.32 Å². The van der Waals surface area contributed by atoms with Crippen LogP contribution in [0.3, 0.4) is 0 Å². The molecule has 5 heteroatoms. The Balaban J connectivity index is 1.64. The van der Waals surface area contributed by atoms with Gasteiger partial charge in [0.2, 0.25) is 0 Å². The number of aromatic nitrogens is 2. The first kappa shape index (κ1) is 14.3. The van der Waals surface area contributed by atoms with E-state index in [2.05, 4.69) is 10.3 Å². The molecule has 0 saturated heterocycles. The maximum Gasteiger partial charge on any atom is 0.252 e. The minimum absolute atomic E-state index is 0.0571. The fourth-order valence-electron chi connectivity index (χ4n) is 2.71. The van der Waals surface area contributed by atoms with Crippen LogP contribution in [-0.4, -0.2) is 15.9 Å². The number of thiazole rings is 1. The van der Waals surface area contributed by atoms with Crippen LogP contribution >= 0.6 is 11.3 Å². The molecule has 3 aromatic rings. The number of rotatable bonds is 4. The van der Waals surface area contributed by atoms with Gasteiger partial charge in [-0.3, -0.25) is 9.78 Å². The molecule has 2 aromatic heterocycles. The van der Waals surface area contributed by atoms with E-state index in [0.717, 1.165) is 27.3 Å².